The number of aromatic nitrogens is 1. The monoisotopic (exact) mass is 393 g/mol. The fourth-order valence-corrected chi connectivity index (χ4v) is 2.65. The number of nitrogens with zero attached hydrogens (tertiary/aromatic N) is 2. The number of carbonyl (C=O) groups excluding carboxylic acids is 1. The molecule has 0 aliphatic heterocycles. The van der Waals surface area contributed by atoms with Gasteiger partial charge in [0.15, 0.2) is 0 Å². The quantitative estimate of drug-likeness (QED) is 0.266. The van der Waals surface area contributed by atoms with Gasteiger partial charge in [0.1, 0.15) is 12.0 Å². The number of hydrogen-bond donors (Lipinski definition) is 1. The Balaban J connectivity index is 1.64. The maximum absolute atomic E-state index is 11.4. The van der Waals surface area contributed by atoms with Crippen LogP contribution in [-0.4, -0.2) is 29.5 Å². The van der Waals surface area contributed by atoms with Crippen LogP contribution in [0.3, 0.4) is 0 Å². The molecule has 0 radical (unpaired) electrons. The molecule has 8 heteroatoms. The second kappa shape index (κ2) is 9.32. The van der Waals surface area contributed by atoms with Gasteiger partial charge in [0.25, 0.3) is 5.69 Å². The van der Waals surface area contributed by atoms with Gasteiger partial charge in [0.05, 0.1) is 17.7 Å². The van der Waals surface area contributed by atoms with E-state index < -0.39 is 10.9 Å². The van der Waals surface area contributed by atoms with Crippen molar-refractivity contribution in [1.82, 2.24) is 4.98 Å². The zero-order valence-corrected chi connectivity index (χ0v) is 15.7. The molecule has 0 bridgehead atoms. The summed E-state index contributed by atoms with van der Waals surface area (Å²) in [5.74, 6) is 0.00525. The third-order valence-electron chi connectivity index (χ3n) is 4.10. The second-order valence-corrected chi connectivity index (χ2v) is 6.08. The molecule has 0 unspecified atom stereocenters. The highest BCUT2D eigenvalue weighted by Gasteiger charge is 2.14. The van der Waals surface area contributed by atoms with Crippen LogP contribution in [0.25, 0.3) is 17.5 Å². The Morgan fingerprint density at radius 2 is 2.07 bits per heavy atom. The summed E-state index contributed by atoms with van der Waals surface area (Å²) in [7, 11) is 1.26. The van der Waals surface area contributed by atoms with Crippen LogP contribution in [0.2, 0.25) is 0 Å². The highest BCUT2D eigenvalue weighted by Crippen LogP contribution is 2.26. The number of methoxy groups -OCH3 is 1. The molecule has 8 nitrogen and oxygen atoms in total. The first kappa shape index (κ1) is 19.8. The molecule has 0 atom stereocenters. The number of nitrogens with one attached hydrogen (secondary N) is 1. The van der Waals surface area contributed by atoms with Gasteiger partial charge in [-0.2, -0.15) is 0 Å². The summed E-state index contributed by atoms with van der Waals surface area (Å²) < 4.78 is 10.0. The minimum Gasteiger partial charge on any atom is -0.466 e. The Kier molecular flexibility index (Phi) is 6.36. The molecular weight excluding hydrogens is 374 g/mol. The van der Waals surface area contributed by atoms with Crippen molar-refractivity contribution in [2.45, 2.75) is 6.42 Å². The van der Waals surface area contributed by atoms with E-state index >= 15 is 0 Å². The molecule has 2 aromatic carbocycles. The summed E-state index contributed by atoms with van der Waals surface area (Å²) in [6.45, 7) is 0.443. The molecule has 0 saturated carbocycles. The average molecular weight is 393 g/mol. The van der Waals surface area contributed by atoms with Gasteiger partial charge >= 0.3 is 5.97 Å². The highest BCUT2D eigenvalue weighted by molar-refractivity contribution is 5.87. The highest BCUT2D eigenvalue weighted by atomic mass is 16.6. The van der Waals surface area contributed by atoms with Crippen LogP contribution in [0, 0.1) is 10.1 Å². The topological polar surface area (TPSA) is 108 Å². The first-order chi connectivity index (χ1) is 14.1. The van der Waals surface area contributed by atoms with Crippen molar-refractivity contribution in [3.8, 4) is 11.5 Å². The van der Waals surface area contributed by atoms with Crippen molar-refractivity contribution in [1.29, 1.82) is 0 Å². The average Bonchev–Trinajstić information content (AvgIpc) is 3.22. The Morgan fingerprint density at radius 3 is 2.79 bits per heavy atom. The summed E-state index contributed by atoms with van der Waals surface area (Å²) in [5, 5.41) is 14.4. The zero-order chi connectivity index (χ0) is 20.6. The van der Waals surface area contributed by atoms with Crippen molar-refractivity contribution in [3.63, 3.8) is 0 Å². The lowest BCUT2D eigenvalue weighted by Crippen LogP contribution is -2.07. The molecule has 3 aromatic rings. The van der Waals surface area contributed by atoms with Crippen molar-refractivity contribution in [2.24, 2.45) is 0 Å². The standard InChI is InChI=1S/C21H19N3O5/c1-28-20(25)10-8-15-7-9-18(19(13-15)24(26)27)22-12-11-17-14-29-21(23-17)16-5-3-2-4-6-16/h2-10,13-14,22H,11-12H2,1H3/b10-8+. The molecule has 0 spiro atoms. The number of nitro groups is 1. The van der Waals surface area contributed by atoms with Crippen molar-refractivity contribution >= 4 is 23.4 Å². The Labute approximate surface area is 167 Å². The van der Waals surface area contributed by atoms with Gasteiger partial charge < -0.3 is 14.5 Å². The maximum Gasteiger partial charge on any atom is 0.330 e. The van der Waals surface area contributed by atoms with E-state index in [0.29, 0.717) is 30.1 Å². The molecule has 1 aromatic heterocycles. The van der Waals surface area contributed by atoms with Gasteiger partial charge in [-0.15, -0.1) is 0 Å². The molecule has 0 amide bonds. The third kappa shape index (κ3) is 5.29. The maximum atomic E-state index is 11.4. The van der Waals surface area contributed by atoms with Crippen LogP contribution in [0.15, 0.2) is 65.3 Å². The van der Waals surface area contributed by atoms with Crippen LogP contribution in [-0.2, 0) is 16.0 Å². The first-order valence-electron chi connectivity index (χ1n) is 8.85. The van der Waals surface area contributed by atoms with Gasteiger partial charge in [-0.1, -0.05) is 24.3 Å². The number of rotatable bonds is 8. The SMILES string of the molecule is COC(=O)/C=C/c1ccc(NCCc2coc(-c3ccccc3)n2)c([N+](=O)[O-])c1. The minimum absolute atomic E-state index is 0.0813. The fourth-order valence-electron chi connectivity index (χ4n) is 2.65. The van der Waals surface area contributed by atoms with Gasteiger partial charge in [-0.25, -0.2) is 9.78 Å². The lowest BCUT2D eigenvalue weighted by molar-refractivity contribution is -0.384. The number of esters is 1. The minimum atomic E-state index is -0.530. The molecule has 1 N–H and O–H groups in total. The molecule has 1 heterocycles. The number of oxazole rings is 1. The number of hydrogen-bond acceptors (Lipinski definition) is 7. The Hall–Kier alpha value is -3.94. The zero-order valence-electron chi connectivity index (χ0n) is 15.7. The normalized spacial score (nSPS) is 10.8. The summed E-state index contributed by atoms with van der Waals surface area (Å²) in [4.78, 5) is 26.5. The van der Waals surface area contributed by atoms with Gasteiger partial charge in [0, 0.05) is 30.7 Å². The van der Waals surface area contributed by atoms with Crippen LogP contribution in [0.1, 0.15) is 11.3 Å². The number of ether oxygens (including phenoxy) is 1. The third-order valence-corrected chi connectivity index (χ3v) is 4.10. The van der Waals surface area contributed by atoms with E-state index in [2.05, 4.69) is 15.0 Å². The molecule has 0 aliphatic rings. The van der Waals surface area contributed by atoms with Gasteiger partial charge in [-0.3, -0.25) is 10.1 Å². The smallest absolute Gasteiger partial charge is 0.330 e. The van der Waals surface area contributed by atoms with Crippen molar-refractivity contribution in [3.05, 3.63) is 82.2 Å². The molecule has 0 fully saturated rings. The second-order valence-electron chi connectivity index (χ2n) is 6.08. The lowest BCUT2D eigenvalue weighted by atomic mass is 10.1. The Morgan fingerprint density at radius 1 is 1.28 bits per heavy atom. The van der Waals surface area contributed by atoms with E-state index in [-0.39, 0.29) is 5.69 Å². The number of nitro benzene ring substituents is 1. The number of anilines is 1. The largest absolute Gasteiger partial charge is 0.466 e. The summed E-state index contributed by atoms with van der Waals surface area (Å²) in [5.41, 5.74) is 2.46. The predicted octanol–water partition coefficient (Wildman–Crippen LogP) is 4.09. The van der Waals surface area contributed by atoms with E-state index in [1.807, 2.05) is 30.3 Å². The van der Waals surface area contributed by atoms with Gasteiger partial charge in [0.2, 0.25) is 5.89 Å². The molecule has 29 heavy (non-hydrogen) atoms. The van der Waals surface area contributed by atoms with Crippen LogP contribution in [0.5, 0.6) is 0 Å². The van der Waals surface area contributed by atoms with Gasteiger partial charge in [-0.05, 0) is 29.8 Å². The van der Waals surface area contributed by atoms with E-state index in [1.54, 1.807) is 18.4 Å². The summed E-state index contributed by atoms with van der Waals surface area (Å²) in [6.07, 6.45) is 4.79. The summed E-state index contributed by atoms with van der Waals surface area (Å²) >= 11 is 0. The molecule has 148 valence electrons. The van der Waals surface area contributed by atoms with E-state index in [4.69, 9.17) is 4.42 Å². The number of carbonyl (C=O) groups is 1. The Bertz CT molecular complexity index is 1030. The van der Waals surface area contributed by atoms with Crippen LogP contribution in [0.4, 0.5) is 11.4 Å². The lowest BCUT2D eigenvalue weighted by Gasteiger charge is -2.07. The number of benzene rings is 2. The van der Waals surface area contributed by atoms with E-state index in [1.165, 1.54) is 25.3 Å². The molecule has 0 saturated heterocycles. The van der Waals surface area contributed by atoms with Crippen LogP contribution < -0.4 is 5.32 Å². The fraction of sp³-hybridized carbons (Fsp3) is 0.143. The van der Waals surface area contributed by atoms with E-state index in [0.717, 1.165) is 11.3 Å². The molecule has 0 aliphatic carbocycles. The molecular formula is C21H19N3O5. The predicted molar refractivity (Wildman–Crippen MR) is 108 cm³/mol. The summed E-state index contributed by atoms with van der Waals surface area (Å²) in [6, 6.07) is 14.2. The first-order valence-corrected chi connectivity index (χ1v) is 8.85. The van der Waals surface area contributed by atoms with E-state index in [9.17, 15) is 14.9 Å². The molecule has 3 rings (SSSR count). The van der Waals surface area contributed by atoms with Crippen molar-refractivity contribution < 1.29 is 18.9 Å². The van der Waals surface area contributed by atoms with Crippen molar-refractivity contribution in [2.75, 3.05) is 19.0 Å². The van der Waals surface area contributed by atoms with Crippen LogP contribution >= 0.6 is 0 Å².